The van der Waals surface area contributed by atoms with Crippen LogP contribution in [0.15, 0.2) is 30.6 Å². The second-order valence-corrected chi connectivity index (χ2v) is 5.72. The van der Waals surface area contributed by atoms with E-state index in [-0.39, 0.29) is 17.9 Å². The minimum Gasteiger partial charge on any atom is -0.393 e. The number of rotatable bonds is 3. The SMILES string of the molecule is NC(=S)C1CCCC1NC(=O)c1cccc2nccnc12. The van der Waals surface area contributed by atoms with Crippen molar-refractivity contribution >= 4 is 34.1 Å². The molecule has 2 aromatic rings. The number of thiocarbonyl (C=S) groups is 1. The van der Waals surface area contributed by atoms with Crippen LogP contribution in [0.25, 0.3) is 11.0 Å². The fourth-order valence-corrected chi connectivity index (χ4v) is 3.18. The fourth-order valence-electron chi connectivity index (χ4n) is 2.90. The lowest BCUT2D eigenvalue weighted by molar-refractivity contribution is 0.0935. The Morgan fingerprint density at radius 1 is 1.29 bits per heavy atom. The van der Waals surface area contributed by atoms with Crippen LogP contribution in [-0.4, -0.2) is 26.9 Å². The van der Waals surface area contributed by atoms with Gasteiger partial charge in [0.2, 0.25) is 0 Å². The van der Waals surface area contributed by atoms with Crippen molar-refractivity contribution in [1.29, 1.82) is 0 Å². The van der Waals surface area contributed by atoms with E-state index in [2.05, 4.69) is 15.3 Å². The number of aromatic nitrogens is 2. The molecule has 0 aliphatic heterocycles. The van der Waals surface area contributed by atoms with Crippen LogP contribution in [0.4, 0.5) is 0 Å². The Kier molecular flexibility index (Phi) is 3.79. The Bertz CT molecular complexity index is 698. The predicted molar refractivity (Wildman–Crippen MR) is 84.9 cm³/mol. The standard InChI is InChI=1S/C15H16N4OS/c16-14(21)9-3-1-5-11(9)19-15(20)10-4-2-6-12-13(10)18-8-7-17-12/h2,4,6-9,11H,1,3,5H2,(H2,16,21)(H,19,20). The van der Waals surface area contributed by atoms with Gasteiger partial charge < -0.3 is 11.1 Å². The molecule has 1 aliphatic carbocycles. The fraction of sp³-hybridized carbons (Fsp3) is 0.333. The molecule has 2 atom stereocenters. The quantitative estimate of drug-likeness (QED) is 0.845. The van der Waals surface area contributed by atoms with E-state index in [4.69, 9.17) is 18.0 Å². The summed E-state index contributed by atoms with van der Waals surface area (Å²) in [7, 11) is 0. The number of hydrogen-bond acceptors (Lipinski definition) is 4. The summed E-state index contributed by atoms with van der Waals surface area (Å²) in [5, 5.41) is 3.04. The van der Waals surface area contributed by atoms with Crippen molar-refractivity contribution < 1.29 is 4.79 Å². The smallest absolute Gasteiger partial charge is 0.253 e. The molecule has 1 amide bonds. The first-order chi connectivity index (χ1) is 10.2. The average Bonchev–Trinajstić information content (AvgIpc) is 2.95. The summed E-state index contributed by atoms with van der Waals surface area (Å²) in [5.74, 6) is -0.0562. The van der Waals surface area contributed by atoms with Crippen molar-refractivity contribution in [2.24, 2.45) is 11.7 Å². The van der Waals surface area contributed by atoms with E-state index in [0.29, 0.717) is 21.6 Å². The second kappa shape index (κ2) is 5.73. The van der Waals surface area contributed by atoms with Crippen molar-refractivity contribution in [2.75, 3.05) is 0 Å². The Morgan fingerprint density at radius 3 is 2.90 bits per heavy atom. The van der Waals surface area contributed by atoms with Gasteiger partial charge in [-0.25, -0.2) is 0 Å². The molecule has 0 saturated heterocycles. The molecule has 1 saturated carbocycles. The largest absolute Gasteiger partial charge is 0.393 e. The van der Waals surface area contributed by atoms with Crippen molar-refractivity contribution in [3.8, 4) is 0 Å². The number of carbonyl (C=O) groups excluding carboxylic acids is 1. The minimum atomic E-state index is -0.144. The molecule has 1 heterocycles. The topological polar surface area (TPSA) is 80.9 Å². The van der Waals surface area contributed by atoms with Gasteiger partial charge in [0.15, 0.2) is 0 Å². The Balaban J connectivity index is 1.86. The molecule has 6 heteroatoms. The van der Waals surface area contributed by atoms with Gasteiger partial charge in [-0.1, -0.05) is 24.7 Å². The molecule has 1 fully saturated rings. The molecule has 5 nitrogen and oxygen atoms in total. The summed E-state index contributed by atoms with van der Waals surface area (Å²) in [4.78, 5) is 21.5. The zero-order valence-electron chi connectivity index (χ0n) is 11.5. The van der Waals surface area contributed by atoms with Crippen molar-refractivity contribution in [2.45, 2.75) is 25.3 Å². The van der Waals surface area contributed by atoms with Gasteiger partial charge >= 0.3 is 0 Å². The van der Waals surface area contributed by atoms with E-state index in [1.807, 2.05) is 12.1 Å². The van der Waals surface area contributed by atoms with Gasteiger partial charge in [-0.3, -0.25) is 14.8 Å². The van der Waals surface area contributed by atoms with Gasteiger partial charge in [0.25, 0.3) is 5.91 Å². The third kappa shape index (κ3) is 2.71. The summed E-state index contributed by atoms with van der Waals surface area (Å²) >= 11 is 5.08. The average molecular weight is 300 g/mol. The first kappa shape index (κ1) is 13.9. The van der Waals surface area contributed by atoms with Gasteiger partial charge in [0.05, 0.1) is 16.1 Å². The maximum atomic E-state index is 12.5. The lowest BCUT2D eigenvalue weighted by atomic mass is 10.0. The summed E-state index contributed by atoms with van der Waals surface area (Å²) in [6, 6.07) is 5.43. The maximum absolute atomic E-state index is 12.5. The van der Waals surface area contributed by atoms with Crippen molar-refractivity contribution in [3.63, 3.8) is 0 Å². The highest BCUT2D eigenvalue weighted by molar-refractivity contribution is 7.80. The van der Waals surface area contributed by atoms with E-state index < -0.39 is 0 Å². The third-order valence-corrected chi connectivity index (χ3v) is 4.24. The van der Waals surface area contributed by atoms with Gasteiger partial charge in [-0.15, -0.1) is 0 Å². The molecule has 108 valence electrons. The number of nitrogens with two attached hydrogens (primary N) is 1. The second-order valence-electron chi connectivity index (χ2n) is 5.25. The van der Waals surface area contributed by atoms with E-state index in [1.54, 1.807) is 18.5 Å². The van der Waals surface area contributed by atoms with Crippen LogP contribution in [0.3, 0.4) is 0 Å². The van der Waals surface area contributed by atoms with E-state index in [0.717, 1.165) is 19.3 Å². The molecular weight excluding hydrogens is 284 g/mol. The monoisotopic (exact) mass is 300 g/mol. The van der Waals surface area contributed by atoms with Crippen LogP contribution in [0.5, 0.6) is 0 Å². The molecule has 1 aliphatic rings. The van der Waals surface area contributed by atoms with E-state index in [1.165, 1.54) is 0 Å². The van der Waals surface area contributed by atoms with Crippen LogP contribution in [-0.2, 0) is 0 Å². The first-order valence-electron chi connectivity index (χ1n) is 6.97. The lowest BCUT2D eigenvalue weighted by Crippen LogP contribution is -2.41. The predicted octanol–water partition coefficient (Wildman–Crippen LogP) is 1.81. The van der Waals surface area contributed by atoms with Gasteiger partial charge in [-0.2, -0.15) is 0 Å². The number of hydrogen-bond donors (Lipinski definition) is 2. The Labute approximate surface area is 128 Å². The normalized spacial score (nSPS) is 21.3. The summed E-state index contributed by atoms with van der Waals surface area (Å²) in [5.41, 5.74) is 7.61. The molecule has 3 N–H and O–H groups in total. The van der Waals surface area contributed by atoms with Crippen molar-refractivity contribution in [3.05, 3.63) is 36.2 Å². The minimum absolute atomic E-state index is 0.0157. The third-order valence-electron chi connectivity index (χ3n) is 3.94. The number of nitrogens with zero attached hydrogens (tertiary/aromatic N) is 2. The number of nitrogens with one attached hydrogen (secondary N) is 1. The van der Waals surface area contributed by atoms with Crippen LogP contribution < -0.4 is 11.1 Å². The molecule has 2 unspecified atom stereocenters. The van der Waals surface area contributed by atoms with E-state index in [9.17, 15) is 4.79 Å². The molecule has 0 spiro atoms. The Hall–Kier alpha value is -2.08. The highest BCUT2D eigenvalue weighted by Crippen LogP contribution is 2.26. The summed E-state index contributed by atoms with van der Waals surface area (Å²) in [6.07, 6.45) is 6.08. The summed E-state index contributed by atoms with van der Waals surface area (Å²) < 4.78 is 0. The zero-order valence-corrected chi connectivity index (χ0v) is 12.3. The highest BCUT2D eigenvalue weighted by Gasteiger charge is 2.31. The summed E-state index contributed by atoms with van der Waals surface area (Å²) in [6.45, 7) is 0. The number of amides is 1. The van der Waals surface area contributed by atoms with Crippen LogP contribution in [0, 0.1) is 5.92 Å². The number of para-hydroxylation sites is 1. The maximum Gasteiger partial charge on any atom is 0.253 e. The molecule has 21 heavy (non-hydrogen) atoms. The number of fused-ring (bicyclic) bond motifs is 1. The van der Waals surface area contributed by atoms with Crippen LogP contribution in [0.2, 0.25) is 0 Å². The molecule has 3 rings (SSSR count). The van der Waals surface area contributed by atoms with Crippen LogP contribution >= 0.6 is 12.2 Å². The Morgan fingerprint density at radius 2 is 2.10 bits per heavy atom. The lowest BCUT2D eigenvalue weighted by Gasteiger charge is -2.20. The molecule has 1 aromatic carbocycles. The zero-order chi connectivity index (χ0) is 14.8. The van der Waals surface area contributed by atoms with Gasteiger partial charge in [0, 0.05) is 24.4 Å². The van der Waals surface area contributed by atoms with Gasteiger partial charge in [0.1, 0.15) is 5.52 Å². The van der Waals surface area contributed by atoms with Crippen molar-refractivity contribution in [1.82, 2.24) is 15.3 Å². The van der Waals surface area contributed by atoms with Gasteiger partial charge in [-0.05, 0) is 25.0 Å². The number of benzene rings is 1. The molecular formula is C15H16N4OS. The number of carbonyl (C=O) groups is 1. The highest BCUT2D eigenvalue weighted by atomic mass is 32.1. The first-order valence-corrected chi connectivity index (χ1v) is 7.37. The molecule has 1 aromatic heterocycles. The molecule has 0 radical (unpaired) electrons. The molecule has 0 bridgehead atoms. The van der Waals surface area contributed by atoms with Crippen LogP contribution in [0.1, 0.15) is 29.6 Å². The van der Waals surface area contributed by atoms with E-state index >= 15 is 0 Å².